The van der Waals surface area contributed by atoms with Gasteiger partial charge in [0.1, 0.15) is 0 Å². The average Bonchev–Trinajstić information content (AvgIpc) is 2.78. The summed E-state index contributed by atoms with van der Waals surface area (Å²) in [4.78, 5) is 30.2. The van der Waals surface area contributed by atoms with Crippen LogP contribution in [0.5, 0.6) is 0 Å². The molecule has 0 aliphatic carbocycles. The molecule has 1 fully saturated rings. The normalized spacial score (nSPS) is 24.2. The number of carbonyl (C=O) groups is 2. The van der Waals surface area contributed by atoms with Gasteiger partial charge in [-0.05, 0) is 31.4 Å². The zero-order chi connectivity index (χ0) is 17.1. The van der Waals surface area contributed by atoms with E-state index in [-0.39, 0.29) is 17.7 Å². The van der Waals surface area contributed by atoms with Crippen molar-refractivity contribution in [3.8, 4) is 0 Å². The number of rotatable bonds is 2. The van der Waals surface area contributed by atoms with Crippen molar-refractivity contribution in [2.75, 3.05) is 24.5 Å². The van der Waals surface area contributed by atoms with E-state index >= 15 is 0 Å². The van der Waals surface area contributed by atoms with Crippen molar-refractivity contribution >= 4 is 29.3 Å². The van der Waals surface area contributed by atoms with E-state index in [1.54, 1.807) is 0 Å². The summed E-state index contributed by atoms with van der Waals surface area (Å²) in [5.74, 6) is 0.277. The van der Waals surface area contributed by atoms with Gasteiger partial charge in [0, 0.05) is 36.2 Å². The van der Waals surface area contributed by atoms with E-state index in [0.717, 1.165) is 38.0 Å². The molecular weight excluding hydrogens is 320 g/mol. The number of piperidine rings is 1. The summed E-state index contributed by atoms with van der Waals surface area (Å²) in [6, 6.07) is 8.20. The van der Waals surface area contributed by atoms with Crippen LogP contribution in [0.15, 0.2) is 29.2 Å². The lowest BCUT2D eigenvalue weighted by Gasteiger charge is -2.35. The minimum atomic E-state index is -0.0688. The molecule has 130 valence electrons. The number of likely N-dealkylation sites (tertiary alicyclic amines) is 1. The first-order valence-corrected chi connectivity index (χ1v) is 9.83. The highest BCUT2D eigenvalue weighted by molar-refractivity contribution is 8.00. The lowest BCUT2D eigenvalue weighted by Crippen LogP contribution is -2.47. The Morgan fingerprint density at radius 3 is 2.79 bits per heavy atom. The second-order valence-corrected chi connectivity index (χ2v) is 8.19. The van der Waals surface area contributed by atoms with Crippen LogP contribution in [0, 0.1) is 5.92 Å². The molecule has 4 nitrogen and oxygen atoms in total. The summed E-state index contributed by atoms with van der Waals surface area (Å²) in [5.41, 5.74) is 1.04. The Balaban J connectivity index is 1.80. The molecule has 24 heavy (non-hydrogen) atoms. The molecule has 1 aromatic rings. The van der Waals surface area contributed by atoms with Crippen molar-refractivity contribution in [1.29, 1.82) is 0 Å². The molecule has 5 heteroatoms. The number of para-hydroxylation sites is 1. The Labute approximate surface area is 148 Å². The zero-order valence-corrected chi connectivity index (χ0v) is 15.3. The van der Waals surface area contributed by atoms with Crippen LogP contribution in [0.25, 0.3) is 0 Å². The first-order chi connectivity index (χ1) is 11.6. The number of nitrogens with zero attached hydrogens (tertiary/aromatic N) is 2. The summed E-state index contributed by atoms with van der Waals surface area (Å²) < 4.78 is 0. The Bertz CT molecular complexity index is 619. The van der Waals surface area contributed by atoms with Crippen molar-refractivity contribution in [2.45, 2.75) is 49.7 Å². The number of hydrogen-bond donors (Lipinski definition) is 0. The molecule has 2 unspecified atom stereocenters. The molecule has 0 radical (unpaired) electrons. The third-order valence-corrected chi connectivity index (χ3v) is 6.17. The molecular formula is C19H26N2O2S. The van der Waals surface area contributed by atoms with Gasteiger partial charge in [-0.15, -0.1) is 11.8 Å². The molecule has 3 rings (SSSR count). The SMILES string of the molecule is CCC(=O)N1CCCC(C(=O)N2CCC(C)Sc3ccccc32)C1. The molecule has 2 aliphatic rings. The van der Waals surface area contributed by atoms with Gasteiger partial charge >= 0.3 is 0 Å². The van der Waals surface area contributed by atoms with Crippen LogP contribution in [0.4, 0.5) is 5.69 Å². The topological polar surface area (TPSA) is 40.6 Å². The number of carbonyl (C=O) groups excluding carboxylic acids is 2. The van der Waals surface area contributed by atoms with Crippen LogP contribution in [0.1, 0.15) is 39.5 Å². The minimum absolute atomic E-state index is 0.0688. The monoisotopic (exact) mass is 346 g/mol. The first kappa shape index (κ1) is 17.3. The second-order valence-electron chi connectivity index (χ2n) is 6.71. The molecule has 0 saturated carbocycles. The summed E-state index contributed by atoms with van der Waals surface area (Å²) >= 11 is 1.85. The van der Waals surface area contributed by atoms with Crippen molar-refractivity contribution in [1.82, 2.24) is 4.90 Å². The molecule has 2 aliphatic heterocycles. The fraction of sp³-hybridized carbons (Fsp3) is 0.579. The number of fused-ring (bicyclic) bond motifs is 1. The van der Waals surface area contributed by atoms with Gasteiger partial charge in [0.05, 0.1) is 11.6 Å². The number of amides is 2. The van der Waals surface area contributed by atoms with E-state index < -0.39 is 0 Å². The lowest BCUT2D eigenvalue weighted by molar-refractivity contribution is -0.134. The van der Waals surface area contributed by atoms with Gasteiger partial charge in [-0.1, -0.05) is 26.0 Å². The molecule has 1 aromatic carbocycles. The molecule has 2 amide bonds. The standard InChI is InChI=1S/C19H26N2O2S/c1-3-18(22)20-11-6-7-15(13-20)19(23)21-12-10-14(2)24-17-9-5-4-8-16(17)21/h4-5,8-9,14-15H,3,6-7,10-13H2,1-2H3. The van der Waals surface area contributed by atoms with Gasteiger partial charge in [0.15, 0.2) is 0 Å². The largest absolute Gasteiger partial charge is 0.342 e. The van der Waals surface area contributed by atoms with E-state index in [2.05, 4.69) is 19.1 Å². The van der Waals surface area contributed by atoms with Crippen LogP contribution in [-0.2, 0) is 9.59 Å². The van der Waals surface area contributed by atoms with E-state index in [0.29, 0.717) is 18.2 Å². The van der Waals surface area contributed by atoms with Gasteiger partial charge in [-0.3, -0.25) is 9.59 Å². The number of thioether (sulfide) groups is 1. The predicted octanol–water partition coefficient (Wildman–Crippen LogP) is 3.55. The third kappa shape index (κ3) is 3.61. The molecule has 0 aromatic heterocycles. The van der Waals surface area contributed by atoms with E-state index in [9.17, 15) is 9.59 Å². The number of benzene rings is 1. The van der Waals surface area contributed by atoms with Gasteiger partial charge in [0.25, 0.3) is 0 Å². The van der Waals surface area contributed by atoms with Crippen LogP contribution in [0.3, 0.4) is 0 Å². The maximum absolute atomic E-state index is 13.2. The molecule has 0 N–H and O–H groups in total. The van der Waals surface area contributed by atoms with E-state index in [4.69, 9.17) is 0 Å². The van der Waals surface area contributed by atoms with Crippen LogP contribution < -0.4 is 4.90 Å². The summed E-state index contributed by atoms with van der Waals surface area (Å²) in [6.07, 6.45) is 3.31. The van der Waals surface area contributed by atoms with E-state index in [1.165, 1.54) is 4.90 Å². The fourth-order valence-electron chi connectivity index (χ4n) is 3.56. The molecule has 0 spiro atoms. The van der Waals surface area contributed by atoms with Crippen molar-refractivity contribution in [3.05, 3.63) is 24.3 Å². The zero-order valence-electron chi connectivity index (χ0n) is 14.5. The molecule has 1 saturated heterocycles. The third-order valence-electron chi connectivity index (χ3n) is 4.94. The Hall–Kier alpha value is -1.49. The van der Waals surface area contributed by atoms with Crippen molar-refractivity contribution < 1.29 is 9.59 Å². The van der Waals surface area contributed by atoms with Crippen LogP contribution in [0.2, 0.25) is 0 Å². The highest BCUT2D eigenvalue weighted by atomic mass is 32.2. The Morgan fingerprint density at radius 2 is 2.00 bits per heavy atom. The average molecular weight is 346 g/mol. The minimum Gasteiger partial charge on any atom is -0.342 e. The first-order valence-electron chi connectivity index (χ1n) is 8.95. The molecule has 2 atom stereocenters. The summed E-state index contributed by atoms with van der Waals surface area (Å²) in [6.45, 7) is 6.24. The smallest absolute Gasteiger partial charge is 0.231 e. The molecule has 2 heterocycles. The maximum Gasteiger partial charge on any atom is 0.231 e. The fourth-order valence-corrected chi connectivity index (χ4v) is 4.68. The van der Waals surface area contributed by atoms with Gasteiger partial charge in [-0.2, -0.15) is 0 Å². The highest BCUT2D eigenvalue weighted by Crippen LogP contribution is 2.38. The summed E-state index contributed by atoms with van der Waals surface area (Å²) in [5, 5.41) is 0.508. The van der Waals surface area contributed by atoms with Crippen LogP contribution in [-0.4, -0.2) is 41.6 Å². The quantitative estimate of drug-likeness (QED) is 0.822. The maximum atomic E-state index is 13.2. The summed E-state index contributed by atoms with van der Waals surface area (Å²) in [7, 11) is 0. The van der Waals surface area contributed by atoms with Gasteiger partial charge < -0.3 is 9.80 Å². The van der Waals surface area contributed by atoms with Gasteiger partial charge in [0.2, 0.25) is 11.8 Å². The predicted molar refractivity (Wildman–Crippen MR) is 98.3 cm³/mol. The van der Waals surface area contributed by atoms with Gasteiger partial charge in [-0.25, -0.2) is 0 Å². The van der Waals surface area contributed by atoms with Crippen LogP contribution >= 0.6 is 11.8 Å². The lowest BCUT2D eigenvalue weighted by atomic mass is 9.95. The van der Waals surface area contributed by atoms with Crippen molar-refractivity contribution in [2.24, 2.45) is 5.92 Å². The Kier molecular flexibility index (Phi) is 5.49. The number of hydrogen-bond acceptors (Lipinski definition) is 3. The van der Waals surface area contributed by atoms with E-state index in [1.807, 2.05) is 40.6 Å². The highest BCUT2D eigenvalue weighted by Gasteiger charge is 2.33. The Morgan fingerprint density at radius 1 is 1.21 bits per heavy atom. The van der Waals surface area contributed by atoms with Crippen molar-refractivity contribution in [3.63, 3.8) is 0 Å². The second kappa shape index (κ2) is 7.60. The number of anilines is 1. The molecule has 0 bridgehead atoms.